The lowest BCUT2D eigenvalue weighted by atomic mass is 9.75. The maximum Gasteiger partial charge on any atom is 0.309 e. The third-order valence-corrected chi connectivity index (χ3v) is 5.77. The van der Waals surface area contributed by atoms with Gasteiger partial charge in [0.05, 0.1) is 12.5 Å². The van der Waals surface area contributed by atoms with E-state index < -0.39 is 19.2 Å². The van der Waals surface area contributed by atoms with Gasteiger partial charge in [0.1, 0.15) is 0 Å². The molecular formula is C15H31NO3Si. The Morgan fingerprint density at radius 1 is 1.20 bits per heavy atom. The molecule has 0 spiro atoms. The van der Waals surface area contributed by atoms with Crippen molar-refractivity contribution in [3.05, 3.63) is 0 Å². The van der Waals surface area contributed by atoms with Crippen LogP contribution in [0.3, 0.4) is 0 Å². The number of ether oxygens (including phenoxy) is 1. The molecule has 4 nitrogen and oxygen atoms in total. The molecule has 1 aliphatic rings. The average Bonchev–Trinajstić information content (AvgIpc) is 2.23. The molecule has 1 N–H and O–H groups in total. The zero-order chi connectivity index (χ0) is 15.8. The average molecular weight is 302 g/mol. The summed E-state index contributed by atoms with van der Waals surface area (Å²) >= 11 is 0. The minimum absolute atomic E-state index is 0.0995. The van der Waals surface area contributed by atoms with Gasteiger partial charge in [0.25, 0.3) is 0 Å². The van der Waals surface area contributed by atoms with Gasteiger partial charge in [0.2, 0.25) is 0 Å². The monoisotopic (exact) mass is 301 g/mol. The van der Waals surface area contributed by atoms with Crippen LogP contribution >= 0.6 is 0 Å². The minimum Gasteiger partial charge on any atom is -0.466 e. The molecule has 5 heteroatoms. The Labute approximate surface area is 124 Å². The van der Waals surface area contributed by atoms with Gasteiger partial charge in [-0.25, -0.2) is 0 Å². The van der Waals surface area contributed by atoms with E-state index >= 15 is 0 Å². The summed E-state index contributed by atoms with van der Waals surface area (Å²) in [5.41, 5.74) is -0.797. The fraction of sp³-hybridized carbons (Fsp3) is 0.933. The molecule has 0 radical (unpaired) electrons. The third kappa shape index (κ3) is 4.57. The zero-order valence-electron chi connectivity index (χ0n) is 14.1. The van der Waals surface area contributed by atoms with Gasteiger partial charge >= 0.3 is 5.97 Å². The summed E-state index contributed by atoms with van der Waals surface area (Å²) in [7, 11) is -1.17. The number of piperidine rings is 1. The first-order valence-electron chi connectivity index (χ1n) is 7.51. The summed E-state index contributed by atoms with van der Waals surface area (Å²) in [4.78, 5) is 12.3. The molecule has 20 heavy (non-hydrogen) atoms. The van der Waals surface area contributed by atoms with Crippen molar-refractivity contribution in [3.63, 3.8) is 0 Å². The van der Waals surface area contributed by atoms with Gasteiger partial charge in [-0.05, 0) is 46.6 Å². The predicted molar refractivity (Wildman–Crippen MR) is 83.6 cm³/mol. The van der Waals surface area contributed by atoms with Crippen LogP contribution in [0.5, 0.6) is 0 Å². The molecule has 1 rings (SSSR count). The first-order valence-corrected chi connectivity index (χ1v) is 11.2. The number of hydrogen-bond donors (Lipinski definition) is 1. The maximum absolute atomic E-state index is 12.3. The fourth-order valence-corrected chi connectivity index (χ4v) is 3.73. The Morgan fingerprint density at radius 3 is 2.05 bits per heavy atom. The van der Waals surface area contributed by atoms with Crippen molar-refractivity contribution in [1.29, 1.82) is 0 Å². The molecule has 1 fully saturated rings. The van der Waals surface area contributed by atoms with Crippen molar-refractivity contribution in [2.24, 2.45) is 5.92 Å². The predicted octanol–water partition coefficient (Wildman–Crippen LogP) is 3.53. The standard InChI is InChI=1S/C15H31NO3Si/c1-14(2)10-12(11-15(3,4)16(14)18)13(17)19-8-9-20(5,6)7/h12,18H,8-11H2,1-7H3. The van der Waals surface area contributed by atoms with Crippen LogP contribution in [0.2, 0.25) is 25.7 Å². The topological polar surface area (TPSA) is 49.8 Å². The van der Waals surface area contributed by atoms with Gasteiger partial charge in [-0.3, -0.25) is 4.79 Å². The lowest BCUT2D eigenvalue weighted by molar-refractivity contribution is -0.251. The Bertz CT molecular complexity index is 343. The number of carbonyl (C=O) groups is 1. The number of hydrogen-bond acceptors (Lipinski definition) is 4. The molecule has 0 aromatic heterocycles. The van der Waals surface area contributed by atoms with Crippen molar-refractivity contribution < 1.29 is 14.7 Å². The molecule has 0 amide bonds. The quantitative estimate of drug-likeness (QED) is 0.637. The summed E-state index contributed by atoms with van der Waals surface area (Å²) in [5, 5.41) is 11.6. The number of rotatable bonds is 4. The smallest absolute Gasteiger partial charge is 0.309 e. The van der Waals surface area contributed by atoms with Crippen LogP contribution in [0, 0.1) is 5.92 Å². The Morgan fingerprint density at radius 2 is 1.65 bits per heavy atom. The SMILES string of the molecule is CC1(C)CC(C(=O)OCC[Si](C)(C)C)CC(C)(C)N1O. The van der Waals surface area contributed by atoms with E-state index in [1.54, 1.807) is 0 Å². The van der Waals surface area contributed by atoms with Crippen LogP contribution in [-0.4, -0.2) is 42.0 Å². The van der Waals surface area contributed by atoms with Crippen molar-refractivity contribution in [3.8, 4) is 0 Å². The summed E-state index contributed by atoms with van der Waals surface area (Å²) in [6.07, 6.45) is 1.28. The van der Waals surface area contributed by atoms with E-state index in [1.807, 2.05) is 27.7 Å². The highest BCUT2D eigenvalue weighted by molar-refractivity contribution is 6.76. The van der Waals surface area contributed by atoms with E-state index in [0.717, 1.165) is 6.04 Å². The first-order chi connectivity index (χ1) is 8.85. The van der Waals surface area contributed by atoms with E-state index in [0.29, 0.717) is 19.4 Å². The second kappa shape index (κ2) is 5.77. The Kier molecular flexibility index (Phi) is 5.10. The third-order valence-electron chi connectivity index (χ3n) is 4.07. The molecule has 0 saturated carbocycles. The number of nitrogens with zero attached hydrogens (tertiary/aromatic N) is 1. The van der Waals surface area contributed by atoms with Gasteiger partial charge in [0.15, 0.2) is 0 Å². The molecule has 0 aromatic rings. The first kappa shape index (κ1) is 17.7. The highest BCUT2D eigenvalue weighted by Gasteiger charge is 2.47. The molecule has 1 aliphatic heterocycles. The van der Waals surface area contributed by atoms with Crippen molar-refractivity contribution >= 4 is 14.0 Å². The lowest BCUT2D eigenvalue weighted by Crippen LogP contribution is -2.60. The van der Waals surface area contributed by atoms with Crippen LogP contribution in [-0.2, 0) is 9.53 Å². The van der Waals surface area contributed by atoms with Gasteiger partial charge in [-0.15, -0.1) is 0 Å². The summed E-state index contributed by atoms with van der Waals surface area (Å²) < 4.78 is 5.48. The van der Waals surface area contributed by atoms with E-state index in [9.17, 15) is 10.0 Å². The van der Waals surface area contributed by atoms with Crippen LogP contribution < -0.4 is 0 Å². The molecule has 0 aliphatic carbocycles. The number of esters is 1. The Balaban J connectivity index is 2.61. The second-order valence-electron chi connectivity index (χ2n) is 8.52. The molecule has 0 atom stereocenters. The van der Waals surface area contributed by atoms with Crippen LogP contribution in [0.1, 0.15) is 40.5 Å². The molecule has 118 valence electrons. The number of carbonyl (C=O) groups excluding carboxylic acids is 1. The van der Waals surface area contributed by atoms with Gasteiger partial charge in [0, 0.05) is 19.2 Å². The lowest BCUT2D eigenvalue weighted by Gasteiger charge is -2.50. The largest absolute Gasteiger partial charge is 0.466 e. The molecule has 0 unspecified atom stereocenters. The van der Waals surface area contributed by atoms with Gasteiger partial charge in [-0.2, -0.15) is 5.06 Å². The normalized spacial score (nSPS) is 23.6. The summed E-state index contributed by atoms with van der Waals surface area (Å²) in [6.45, 7) is 15.2. The second-order valence-corrected chi connectivity index (χ2v) is 14.1. The molecular weight excluding hydrogens is 270 g/mol. The summed E-state index contributed by atoms with van der Waals surface area (Å²) in [6, 6.07) is 1.00. The highest BCUT2D eigenvalue weighted by Crippen LogP contribution is 2.40. The van der Waals surface area contributed by atoms with Crippen molar-refractivity contribution in [2.75, 3.05) is 6.61 Å². The van der Waals surface area contributed by atoms with E-state index in [1.165, 1.54) is 5.06 Å². The van der Waals surface area contributed by atoms with Crippen molar-refractivity contribution in [1.82, 2.24) is 5.06 Å². The fourth-order valence-electron chi connectivity index (χ4n) is 3.01. The van der Waals surface area contributed by atoms with Crippen molar-refractivity contribution in [2.45, 2.75) is 77.3 Å². The molecule has 0 aromatic carbocycles. The van der Waals surface area contributed by atoms with Gasteiger partial charge < -0.3 is 9.94 Å². The maximum atomic E-state index is 12.3. The molecule has 0 bridgehead atoms. The Hall–Kier alpha value is -0.393. The van der Waals surface area contributed by atoms with E-state index in [2.05, 4.69) is 19.6 Å². The van der Waals surface area contributed by atoms with Crippen LogP contribution in [0.4, 0.5) is 0 Å². The van der Waals surface area contributed by atoms with Crippen LogP contribution in [0.25, 0.3) is 0 Å². The van der Waals surface area contributed by atoms with E-state index in [-0.39, 0.29) is 11.9 Å². The number of hydroxylamine groups is 2. The highest BCUT2D eigenvalue weighted by atomic mass is 28.3. The summed E-state index contributed by atoms with van der Waals surface area (Å²) in [5.74, 6) is -0.220. The molecule has 1 heterocycles. The van der Waals surface area contributed by atoms with Gasteiger partial charge in [-0.1, -0.05) is 19.6 Å². The minimum atomic E-state index is -1.17. The molecule has 1 saturated heterocycles. The van der Waals surface area contributed by atoms with Crippen LogP contribution in [0.15, 0.2) is 0 Å². The van der Waals surface area contributed by atoms with E-state index in [4.69, 9.17) is 4.74 Å². The zero-order valence-corrected chi connectivity index (χ0v) is 15.1.